The number of imide groups is 1. The summed E-state index contributed by atoms with van der Waals surface area (Å²) in [5.41, 5.74) is 0.827. The van der Waals surface area contributed by atoms with Crippen LogP contribution in [0.1, 0.15) is 50.5 Å². The number of carbonyl (C=O) groups excluding carboxylic acids is 3. The smallest absolute Gasteiger partial charge is 0.328 e. The molecule has 9 nitrogen and oxygen atoms in total. The maximum atomic E-state index is 12.4. The summed E-state index contributed by atoms with van der Waals surface area (Å²) in [5.74, 6) is -0.165. The van der Waals surface area contributed by atoms with Crippen molar-refractivity contribution in [3.8, 4) is 0 Å². The molecule has 30 heavy (non-hydrogen) atoms. The molecular formula is C20H28N4O5S. The fourth-order valence-electron chi connectivity index (χ4n) is 3.75. The van der Waals surface area contributed by atoms with Crippen molar-refractivity contribution in [2.45, 2.75) is 62.3 Å². The molecular weight excluding hydrogens is 408 g/mol. The summed E-state index contributed by atoms with van der Waals surface area (Å²) in [4.78, 5) is 36.7. The van der Waals surface area contributed by atoms with Gasteiger partial charge in [0.2, 0.25) is 5.91 Å². The van der Waals surface area contributed by atoms with Gasteiger partial charge >= 0.3 is 12.1 Å². The van der Waals surface area contributed by atoms with E-state index in [2.05, 4.69) is 15.4 Å². The molecule has 1 saturated carbocycles. The van der Waals surface area contributed by atoms with Crippen LogP contribution in [0.3, 0.4) is 0 Å². The third-order valence-corrected chi connectivity index (χ3v) is 6.76. The summed E-state index contributed by atoms with van der Waals surface area (Å²) in [6, 6.07) is 5.05. The van der Waals surface area contributed by atoms with Crippen molar-refractivity contribution in [1.82, 2.24) is 20.3 Å². The van der Waals surface area contributed by atoms with E-state index in [1.165, 1.54) is 17.0 Å². The van der Waals surface area contributed by atoms with E-state index in [1.54, 1.807) is 12.1 Å². The molecule has 10 heteroatoms. The van der Waals surface area contributed by atoms with Gasteiger partial charge in [0.25, 0.3) is 10.0 Å². The molecule has 0 bridgehead atoms. The molecule has 0 spiro atoms. The largest absolute Gasteiger partial charge is 0.337 e. The van der Waals surface area contributed by atoms with Crippen LogP contribution >= 0.6 is 0 Å². The van der Waals surface area contributed by atoms with Gasteiger partial charge < -0.3 is 10.6 Å². The maximum Gasteiger partial charge on any atom is 0.328 e. The van der Waals surface area contributed by atoms with E-state index in [9.17, 15) is 22.8 Å². The third-order valence-electron chi connectivity index (χ3n) is 5.41. The lowest BCUT2D eigenvalue weighted by Gasteiger charge is -2.22. The monoisotopic (exact) mass is 436 g/mol. The van der Waals surface area contributed by atoms with E-state index in [0.29, 0.717) is 32.4 Å². The molecule has 1 aromatic rings. The Morgan fingerprint density at radius 1 is 1.03 bits per heavy atom. The van der Waals surface area contributed by atoms with Gasteiger partial charge in [-0.15, -0.1) is 0 Å². The van der Waals surface area contributed by atoms with E-state index in [1.807, 2.05) is 0 Å². The number of sulfonamides is 1. The lowest BCUT2D eigenvalue weighted by molar-refractivity contribution is -0.125. The second kappa shape index (κ2) is 9.92. The molecule has 1 aliphatic carbocycles. The number of nitrogens with one attached hydrogen (secondary N) is 3. The third kappa shape index (κ3) is 5.94. The van der Waals surface area contributed by atoms with Gasteiger partial charge in [-0.25, -0.2) is 22.7 Å². The number of carbonyl (C=O) groups is 3. The topological polar surface area (TPSA) is 125 Å². The molecule has 3 rings (SSSR count). The lowest BCUT2D eigenvalue weighted by Crippen LogP contribution is -2.45. The summed E-state index contributed by atoms with van der Waals surface area (Å²) in [5, 5.41) is 5.42. The van der Waals surface area contributed by atoms with Crippen LogP contribution in [0.2, 0.25) is 0 Å². The van der Waals surface area contributed by atoms with Crippen molar-refractivity contribution in [2.24, 2.45) is 0 Å². The molecule has 0 unspecified atom stereocenters. The number of nitrogens with zero attached hydrogens (tertiary/aromatic N) is 1. The van der Waals surface area contributed by atoms with Crippen LogP contribution in [0.25, 0.3) is 0 Å². The first-order valence-electron chi connectivity index (χ1n) is 10.4. The van der Waals surface area contributed by atoms with Crippen LogP contribution < -0.4 is 15.4 Å². The van der Waals surface area contributed by atoms with Gasteiger partial charge in [-0.3, -0.25) is 9.69 Å². The Kier molecular flexibility index (Phi) is 7.30. The van der Waals surface area contributed by atoms with Gasteiger partial charge in [-0.1, -0.05) is 31.4 Å². The zero-order chi connectivity index (χ0) is 21.6. The Balaban J connectivity index is 1.47. The van der Waals surface area contributed by atoms with Crippen molar-refractivity contribution in [3.63, 3.8) is 0 Å². The first-order valence-corrected chi connectivity index (χ1v) is 11.8. The van der Waals surface area contributed by atoms with Crippen LogP contribution in [-0.4, -0.2) is 50.4 Å². The Labute approximate surface area is 176 Å². The molecule has 1 saturated heterocycles. The summed E-state index contributed by atoms with van der Waals surface area (Å²) < 4.78 is 26.9. The summed E-state index contributed by atoms with van der Waals surface area (Å²) in [6.07, 6.45) is 6.52. The second-order valence-corrected chi connectivity index (χ2v) is 9.37. The van der Waals surface area contributed by atoms with E-state index >= 15 is 0 Å². The van der Waals surface area contributed by atoms with Crippen molar-refractivity contribution >= 4 is 28.0 Å². The summed E-state index contributed by atoms with van der Waals surface area (Å²) in [6.45, 7) is 0.773. The number of hydrogen-bond acceptors (Lipinski definition) is 5. The highest BCUT2D eigenvalue weighted by Crippen LogP contribution is 2.17. The number of likely N-dealkylation sites (tertiary alicyclic amines) is 1. The molecule has 1 aromatic carbocycles. The first kappa shape index (κ1) is 22.1. The molecule has 2 fully saturated rings. The van der Waals surface area contributed by atoms with Crippen molar-refractivity contribution in [2.75, 3.05) is 13.1 Å². The molecule has 5 amide bonds. The van der Waals surface area contributed by atoms with Crippen molar-refractivity contribution < 1.29 is 22.8 Å². The second-order valence-electron chi connectivity index (χ2n) is 7.69. The van der Waals surface area contributed by atoms with Crippen molar-refractivity contribution in [1.29, 1.82) is 0 Å². The van der Waals surface area contributed by atoms with Crippen molar-refractivity contribution in [3.05, 3.63) is 29.8 Å². The van der Waals surface area contributed by atoms with Gasteiger partial charge in [0.05, 0.1) is 4.90 Å². The Morgan fingerprint density at radius 2 is 1.73 bits per heavy atom. The molecule has 1 heterocycles. The minimum Gasteiger partial charge on any atom is -0.337 e. The lowest BCUT2D eigenvalue weighted by atomic mass is 9.96. The van der Waals surface area contributed by atoms with E-state index < -0.39 is 22.1 Å². The standard InChI is InChI=1S/C20H28N4O5S/c25-18-7-4-14-24(18)20(27)21-13-12-15-8-10-17(11-9-15)30(28,29)23-19(26)22-16-5-2-1-3-6-16/h8-11,16H,1-7,12-14H2,(H,21,27)(H2,22,23,26). The average molecular weight is 437 g/mol. The van der Waals surface area contributed by atoms with Gasteiger partial charge in [-0.05, 0) is 43.4 Å². The predicted molar refractivity (Wildman–Crippen MR) is 110 cm³/mol. The number of benzene rings is 1. The van der Waals surface area contributed by atoms with Crippen LogP contribution in [-0.2, 0) is 21.2 Å². The number of hydrogen-bond donors (Lipinski definition) is 3. The molecule has 2 aliphatic rings. The van der Waals surface area contributed by atoms with E-state index in [4.69, 9.17) is 0 Å². The minimum absolute atomic E-state index is 0.00302. The highest BCUT2D eigenvalue weighted by Gasteiger charge is 2.26. The fraction of sp³-hybridized carbons (Fsp3) is 0.550. The van der Waals surface area contributed by atoms with E-state index in [0.717, 1.165) is 37.7 Å². The van der Waals surface area contributed by atoms with Crippen LogP contribution in [0.15, 0.2) is 29.2 Å². The quantitative estimate of drug-likeness (QED) is 0.628. The SMILES string of the molecule is O=C(NC1CCCCC1)NS(=O)(=O)c1ccc(CCNC(=O)N2CCCC2=O)cc1. The van der Waals surface area contributed by atoms with E-state index in [-0.39, 0.29) is 16.8 Å². The summed E-state index contributed by atoms with van der Waals surface area (Å²) >= 11 is 0. The molecule has 0 atom stereocenters. The zero-order valence-electron chi connectivity index (χ0n) is 16.9. The van der Waals surface area contributed by atoms with Crippen LogP contribution in [0, 0.1) is 0 Å². The number of urea groups is 2. The Bertz CT molecular complexity index is 879. The molecule has 0 radical (unpaired) electrons. The molecule has 0 aromatic heterocycles. The number of rotatable bonds is 6. The van der Waals surface area contributed by atoms with Crippen LogP contribution in [0.4, 0.5) is 9.59 Å². The normalized spacial score (nSPS) is 17.6. The summed E-state index contributed by atoms with van der Waals surface area (Å²) in [7, 11) is -3.95. The average Bonchev–Trinajstić information content (AvgIpc) is 3.14. The number of amides is 5. The zero-order valence-corrected chi connectivity index (χ0v) is 17.7. The maximum absolute atomic E-state index is 12.4. The highest BCUT2D eigenvalue weighted by molar-refractivity contribution is 7.90. The minimum atomic E-state index is -3.95. The van der Waals surface area contributed by atoms with Gasteiger partial charge in [0.1, 0.15) is 0 Å². The highest BCUT2D eigenvalue weighted by atomic mass is 32.2. The molecule has 164 valence electrons. The first-order chi connectivity index (χ1) is 14.3. The van der Waals surface area contributed by atoms with Gasteiger partial charge in [0, 0.05) is 25.6 Å². The molecule has 1 aliphatic heterocycles. The Morgan fingerprint density at radius 3 is 2.37 bits per heavy atom. The fourth-order valence-corrected chi connectivity index (χ4v) is 4.67. The van der Waals surface area contributed by atoms with Gasteiger partial charge in [0.15, 0.2) is 0 Å². The predicted octanol–water partition coefficient (Wildman–Crippen LogP) is 1.88. The molecule has 3 N–H and O–H groups in total. The Hall–Kier alpha value is -2.62. The van der Waals surface area contributed by atoms with Crippen LogP contribution in [0.5, 0.6) is 0 Å². The van der Waals surface area contributed by atoms with Gasteiger partial charge in [-0.2, -0.15) is 0 Å².